The molecule has 1 aliphatic heterocycles. The number of anilines is 1. The summed E-state index contributed by atoms with van der Waals surface area (Å²) < 4.78 is 41.1. The third kappa shape index (κ3) is 3.63. The SMILES string of the molecule is Cc1c(CNc2ccc(F)c(C3(C)CS(=O)(=O)C(C)(C)C(N)=N3)c2)nc2ccc(Cl)cn12. The summed E-state index contributed by atoms with van der Waals surface area (Å²) in [6.45, 7) is 6.95. The lowest BCUT2D eigenvalue weighted by atomic mass is 9.92. The van der Waals surface area contributed by atoms with Gasteiger partial charge in [-0.3, -0.25) is 4.99 Å². The first-order valence-electron chi connectivity index (χ1n) is 10.1. The van der Waals surface area contributed by atoms with E-state index in [1.165, 1.54) is 19.9 Å². The van der Waals surface area contributed by atoms with Crippen LogP contribution in [0.3, 0.4) is 0 Å². The van der Waals surface area contributed by atoms with Gasteiger partial charge in [0, 0.05) is 23.1 Å². The van der Waals surface area contributed by atoms with E-state index in [1.807, 2.05) is 17.4 Å². The lowest BCUT2D eigenvalue weighted by Gasteiger charge is -2.38. The maximum atomic E-state index is 14.8. The second-order valence-corrected chi connectivity index (χ2v) is 11.8. The Kier molecular flexibility index (Phi) is 5.25. The van der Waals surface area contributed by atoms with E-state index in [9.17, 15) is 12.8 Å². The molecule has 0 aliphatic carbocycles. The van der Waals surface area contributed by atoms with E-state index in [0.717, 1.165) is 17.0 Å². The molecule has 0 bridgehead atoms. The van der Waals surface area contributed by atoms with E-state index in [0.29, 0.717) is 17.3 Å². The highest BCUT2D eigenvalue weighted by molar-refractivity contribution is 7.93. The van der Waals surface area contributed by atoms with Gasteiger partial charge in [0.2, 0.25) is 0 Å². The Bertz CT molecular complexity index is 1370. The average molecular weight is 478 g/mol. The van der Waals surface area contributed by atoms with Crippen molar-refractivity contribution in [3.63, 3.8) is 0 Å². The van der Waals surface area contributed by atoms with Crippen molar-refractivity contribution in [2.45, 2.75) is 44.5 Å². The van der Waals surface area contributed by atoms with Crippen LogP contribution in [0.4, 0.5) is 10.1 Å². The number of hydrogen-bond acceptors (Lipinski definition) is 6. The van der Waals surface area contributed by atoms with Crippen LogP contribution in [0.2, 0.25) is 5.02 Å². The molecule has 10 heteroatoms. The third-order valence-corrected chi connectivity index (χ3v) is 9.09. The Morgan fingerprint density at radius 3 is 2.66 bits per heavy atom. The number of nitrogens with zero attached hydrogens (tertiary/aromatic N) is 3. The summed E-state index contributed by atoms with van der Waals surface area (Å²) in [4.78, 5) is 9.03. The van der Waals surface area contributed by atoms with Crippen LogP contribution in [-0.4, -0.2) is 34.1 Å². The van der Waals surface area contributed by atoms with Crippen molar-refractivity contribution in [1.29, 1.82) is 0 Å². The van der Waals surface area contributed by atoms with Gasteiger partial charge in [0.15, 0.2) is 9.84 Å². The maximum Gasteiger partial charge on any atom is 0.165 e. The van der Waals surface area contributed by atoms with Crippen molar-refractivity contribution < 1.29 is 12.8 Å². The first-order valence-corrected chi connectivity index (χ1v) is 12.1. The molecule has 1 aromatic carbocycles. The summed E-state index contributed by atoms with van der Waals surface area (Å²) in [6, 6.07) is 8.10. The number of rotatable bonds is 4. The molecule has 0 saturated carbocycles. The minimum atomic E-state index is -3.64. The van der Waals surface area contributed by atoms with Crippen LogP contribution in [0, 0.1) is 12.7 Å². The number of nitrogens with one attached hydrogen (secondary N) is 1. The number of fused-ring (bicyclic) bond motifs is 1. The van der Waals surface area contributed by atoms with Gasteiger partial charge in [0.05, 0.1) is 23.0 Å². The quantitative estimate of drug-likeness (QED) is 0.594. The third-order valence-electron chi connectivity index (χ3n) is 6.16. The summed E-state index contributed by atoms with van der Waals surface area (Å²) in [5, 5.41) is 3.86. The van der Waals surface area contributed by atoms with E-state index >= 15 is 0 Å². The van der Waals surface area contributed by atoms with E-state index < -0.39 is 25.9 Å². The summed E-state index contributed by atoms with van der Waals surface area (Å²) in [5.41, 5.74) is 7.99. The second kappa shape index (κ2) is 7.45. The zero-order chi connectivity index (χ0) is 23.5. The molecule has 0 radical (unpaired) electrons. The Balaban J connectivity index is 1.66. The molecule has 7 nitrogen and oxygen atoms in total. The smallest absolute Gasteiger partial charge is 0.165 e. The molecule has 0 spiro atoms. The monoisotopic (exact) mass is 477 g/mol. The number of imidazole rings is 1. The van der Waals surface area contributed by atoms with E-state index in [1.54, 1.807) is 31.3 Å². The average Bonchev–Trinajstić information content (AvgIpc) is 3.01. The van der Waals surface area contributed by atoms with Crippen LogP contribution >= 0.6 is 11.6 Å². The zero-order valence-electron chi connectivity index (χ0n) is 18.3. The predicted molar refractivity (Wildman–Crippen MR) is 126 cm³/mol. The van der Waals surface area contributed by atoms with Gasteiger partial charge >= 0.3 is 0 Å². The van der Waals surface area contributed by atoms with Crippen molar-refractivity contribution in [2.24, 2.45) is 10.7 Å². The fraction of sp³-hybridized carbons (Fsp3) is 0.364. The van der Waals surface area contributed by atoms with Crippen molar-refractivity contribution in [1.82, 2.24) is 9.38 Å². The molecule has 1 unspecified atom stereocenters. The minimum absolute atomic E-state index is 0.0250. The minimum Gasteiger partial charge on any atom is -0.386 e. The highest BCUT2D eigenvalue weighted by atomic mass is 35.5. The molecule has 1 aliphatic rings. The number of nitrogens with two attached hydrogens (primary N) is 1. The molecular weight excluding hydrogens is 453 g/mol. The van der Waals surface area contributed by atoms with Crippen LogP contribution in [0.15, 0.2) is 41.5 Å². The van der Waals surface area contributed by atoms with Crippen molar-refractivity contribution in [3.8, 4) is 0 Å². The fourth-order valence-electron chi connectivity index (χ4n) is 3.87. The molecule has 3 aromatic rings. The van der Waals surface area contributed by atoms with Gasteiger partial charge in [-0.2, -0.15) is 0 Å². The number of hydrogen-bond donors (Lipinski definition) is 2. The van der Waals surface area contributed by atoms with E-state index in [-0.39, 0.29) is 17.2 Å². The molecule has 4 rings (SSSR count). The second-order valence-electron chi connectivity index (χ2n) is 8.81. The van der Waals surface area contributed by atoms with Crippen LogP contribution in [-0.2, 0) is 21.9 Å². The van der Waals surface area contributed by atoms with Crippen molar-refractivity contribution in [2.75, 3.05) is 11.1 Å². The van der Waals surface area contributed by atoms with Gasteiger partial charge < -0.3 is 15.5 Å². The summed E-state index contributed by atoms with van der Waals surface area (Å²) >= 11 is 6.08. The number of pyridine rings is 1. The predicted octanol–water partition coefficient (Wildman–Crippen LogP) is 3.83. The number of sulfone groups is 1. The molecule has 0 saturated heterocycles. The molecule has 2 aromatic heterocycles. The zero-order valence-corrected chi connectivity index (χ0v) is 19.9. The lowest BCUT2D eigenvalue weighted by Crippen LogP contribution is -2.54. The van der Waals surface area contributed by atoms with Gasteiger partial charge in [-0.05, 0) is 58.0 Å². The largest absolute Gasteiger partial charge is 0.386 e. The van der Waals surface area contributed by atoms with Gasteiger partial charge in [-0.1, -0.05) is 11.6 Å². The number of amidine groups is 1. The molecule has 1 atom stereocenters. The van der Waals surface area contributed by atoms with E-state index in [2.05, 4.69) is 15.3 Å². The first kappa shape index (κ1) is 22.5. The fourth-order valence-corrected chi connectivity index (χ4v) is 5.71. The highest BCUT2D eigenvalue weighted by Crippen LogP contribution is 2.38. The van der Waals surface area contributed by atoms with Gasteiger partial charge in [-0.25, -0.2) is 17.8 Å². The van der Waals surface area contributed by atoms with E-state index in [4.69, 9.17) is 17.3 Å². The maximum absolute atomic E-state index is 14.8. The summed E-state index contributed by atoms with van der Waals surface area (Å²) in [7, 11) is -3.64. The van der Waals surface area contributed by atoms with Crippen LogP contribution in [0.25, 0.3) is 5.65 Å². The Morgan fingerprint density at radius 2 is 1.97 bits per heavy atom. The molecule has 170 valence electrons. The number of aryl methyl sites for hydroxylation is 1. The molecule has 0 amide bonds. The van der Waals surface area contributed by atoms with Gasteiger partial charge in [-0.15, -0.1) is 0 Å². The van der Waals surface area contributed by atoms with Crippen molar-refractivity contribution >= 4 is 38.6 Å². The normalized spacial score (nSPS) is 22.0. The topological polar surface area (TPSA) is 102 Å². The Labute approximate surface area is 191 Å². The molecule has 32 heavy (non-hydrogen) atoms. The molecule has 3 N–H and O–H groups in total. The number of aliphatic imine (C=N–C) groups is 1. The number of halogens is 2. The summed E-state index contributed by atoms with van der Waals surface area (Å²) in [6.07, 6.45) is 1.80. The highest BCUT2D eigenvalue weighted by Gasteiger charge is 2.49. The van der Waals surface area contributed by atoms with Gasteiger partial charge in [0.25, 0.3) is 0 Å². The van der Waals surface area contributed by atoms with Crippen LogP contribution in [0.1, 0.15) is 37.7 Å². The van der Waals surface area contributed by atoms with Crippen LogP contribution < -0.4 is 11.1 Å². The number of benzene rings is 1. The van der Waals surface area contributed by atoms with Crippen LogP contribution in [0.5, 0.6) is 0 Å². The number of aromatic nitrogens is 2. The lowest BCUT2D eigenvalue weighted by molar-refractivity contribution is 0.476. The molecule has 0 fully saturated rings. The first-order chi connectivity index (χ1) is 14.8. The molecular formula is C22H25ClFN5O2S. The molecule has 3 heterocycles. The van der Waals surface area contributed by atoms with Crippen molar-refractivity contribution in [3.05, 3.63) is 64.3 Å². The van der Waals surface area contributed by atoms with Gasteiger partial charge in [0.1, 0.15) is 27.6 Å². The Morgan fingerprint density at radius 1 is 1.25 bits per heavy atom. The summed E-state index contributed by atoms with van der Waals surface area (Å²) in [5.74, 6) is -0.897. The standard InChI is InChI=1S/C22H25ClFN5O2S/c1-13-18(27-19-8-5-14(23)11-29(13)19)10-26-15-6-7-17(24)16(9-15)22(4)12-32(30,31)21(2,3)20(25)28-22/h5-9,11,26H,10,12H2,1-4H3,(H2,25,28). The Hall–Kier alpha value is -2.65.